The van der Waals surface area contributed by atoms with E-state index in [1.54, 1.807) is 12.1 Å². The molecule has 24 heavy (non-hydrogen) atoms. The molecule has 0 spiro atoms. The van der Waals surface area contributed by atoms with Gasteiger partial charge in [0.15, 0.2) is 0 Å². The van der Waals surface area contributed by atoms with E-state index in [0.717, 1.165) is 16.0 Å². The van der Waals surface area contributed by atoms with Gasteiger partial charge in [-0.15, -0.1) is 11.3 Å². The molecule has 0 saturated carbocycles. The lowest BCUT2D eigenvalue weighted by molar-refractivity contribution is 0.0958. The van der Waals surface area contributed by atoms with Crippen LogP contribution in [0, 0.1) is 5.82 Å². The summed E-state index contributed by atoms with van der Waals surface area (Å²) >= 11 is 7.33. The van der Waals surface area contributed by atoms with Gasteiger partial charge in [0.1, 0.15) is 5.82 Å². The highest BCUT2D eigenvalue weighted by Gasteiger charge is 2.10. The van der Waals surface area contributed by atoms with E-state index in [1.165, 1.54) is 23.5 Å². The second kappa shape index (κ2) is 7.60. The zero-order valence-electron chi connectivity index (χ0n) is 12.8. The summed E-state index contributed by atoms with van der Waals surface area (Å²) in [6, 6.07) is 17.6. The van der Waals surface area contributed by atoms with Gasteiger partial charge in [0.25, 0.3) is 5.91 Å². The van der Waals surface area contributed by atoms with Crippen LogP contribution in [0.25, 0.3) is 10.4 Å². The highest BCUT2D eigenvalue weighted by atomic mass is 35.5. The quantitative estimate of drug-likeness (QED) is 0.668. The lowest BCUT2D eigenvalue weighted by Gasteiger charge is -2.04. The van der Waals surface area contributed by atoms with Crippen LogP contribution in [0.4, 0.5) is 4.39 Å². The molecule has 0 unspecified atom stereocenters. The van der Waals surface area contributed by atoms with Crippen LogP contribution in [0.5, 0.6) is 0 Å². The Balaban J connectivity index is 1.57. The Morgan fingerprint density at radius 3 is 2.42 bits per heavy atom. The number of nitrogens with one attached hydrogen (secondary N) is 1. The third-order valence-electron chi connectivity index (χ3n) is 3.57. The van der Waals surface area contributed by atoms with Crippen LogP contribution < -0.4 is 5.32 Å². The Hall–Kier alpha value is -2.17. The van der Waals surface area contributed by atoms with Gasteiger partial charge in [-0.25, -0.2) is 4.39 Å². The first-order chi connectivity index (χ1) is 11.6. The van der Waals surface area contributed by atoms with Gasteiger partial charge in [0.2, 0.25) is 0 Å². The number of amides is 1. The van der Waals surface area contributed by atoms with Gasteiger partial charge >= 0.3 is 0 Å². The van der Waals surface area contributed by atoms with Crippen molar-refractivity contribution in [2.45, 2.75) is 6.42 Å². The standard InChI is InChI=1S/C19H15ClFNOS/c20-15-5-3-14(4-6-15)17-9-10-18(24-17)19(23)22-12-11-13-1-7-16(21)8-2-13/h1-10H,11-12H2,(H,22,23). The maximum atomic E-state index is 12.8. The molecule has 0 fully saturated rings. The van der Waals surface area contributed by atoms with Crippen molar-refractivity contribution in [1.82, 2.24) is 5.32 Å². The summed E-state index contributed by atoms with van der Waals surface area (Å²) in [7, 11) is 0. The topological polar surface area (TPSA) is 29.1 Å². The number of thiophene rings is 1. The number of carbonyl (C=O) groups is 1. The summed E-state index contributed by atoms with van der Waals surface area (Å²) in [6.07, 6.45) is 0.668. The predicted molar refractivity (Wildman–Crippen MR) is 97.2 cm³/mol. The molecule has 1 heterocycles. The highest BCUT2D eigenvalue weighted by molar-refractivity contribution is 7.17. The molecular formula is C19H15ClFNOS. The van der Waals surface area contributed by atoms with Crippen LogP contribution in [-0.4, -0.2) is 12.5 Å². The third-order valence-corrected chi connectivity index (χ3v) is 4.96. The van der Waals surface area contributed by atoms with Crippen molar-refractivity contribution in [3.63, 3.8) is 0 Å². The van der Waals surface area contributed by atoms with E-state index in [-0.39, 0.29) is 11.7 Å². The van der Waals surface area contributed by atoms with Crippen LogP contribution in [0.3, 0.4) is 0 Å². The van der Waals surface area contributed by atoms with Crippen LogP contribution >= 0.6 is 22.9 Å². The van der Waals surface area contributed by atoms with Crippen molar-refractivity contribution in [3.05, 3.63) is 81.9 Å². The lowest BCUT2D eigenvalue weighted by Crippen LogP contribution is -2.24. The van der Waals surface area contributed by atoms with E-state index < -0.39 is 0 Å². The predicted octanol–water partition coefficient (Wildman–Crippen LogP) is 5.18. The van der Waals surface area contributed by atoms with Crippen molar-refractivity contribution in [3.8, 4) is 10.4 Å². The fourth-order valence-electron chi connectivity index (χ4n) is 2.29. The van der Waals surface area contributed by atoms with Crippen LogP contribution in [0.2, 0.25) is 5.02 Å². The van der Waals surface area contributed by atoms with Crippen molar-refractivity contribution >= 4 is 28.8 Å². The van der Waals surface area contributed by atoms with Crippen LogP contribution in [0.1, 0.15) is 15.2 Å². The minimum Gasteiger partial charge on any atom is -0.351 e. The van der Waals surface area contributed by atoms with Crippen molar-refractivity contribution < 1.29 is 9.18 Å². The normalized spacial score (nSPS) is 10.6. The van der Waals surface area contributed by atoms with Gasteiger partial charge in [-0.3, -0.25) is 4.79 Å². The monoisotopic (exact) mass is 359 g/mol. The number of carbonyl (C=O) groups excluding carboxylic acids is 1. The van der Waals surface area contributed by atoms with Crippen molar-refractivity contribution in [1.29, 1.82) is 0 Å². The summed E-state index contributed by atoms with van der Waals surface area (Å²) < 4.78 is 12.8. The van der Waals surface area contributed by atoms with E-state index in [4.69, 9.17) is 11.6 Å². The minimum atomic E-state index is -0.254. The Morgan fingerprint density at radius 2 is 1.71 bits per heavy atom. The molecule has 2 aromatic carbocycles. The molecule has 0 aliphatic rings. The molecule has 0 aliphatic carbocycles. The molecule has 2 nitrogen and oxygen atoms in total. The molecular weight excluding hydrogens is 345 g/mol. The first kappa shape index (κ1) is 16.7. The fourth-order valence-corrected chi connectivity index (χ4v) is 3.34. The maximum Gasteiger partial charge on any atom is 0.261 e. The molecule has 5 heteroatoms. The Bertz CT molecular complexity index is 827. The molecule has 0 aliphatic heterocycles. The molecule has 1 N–H and O–H groups in total. The van der Waals surface area contributed by atoms with Crippen molar-refractivity contribution in [2.75, 3.05) is 6.54 Å². The Labute approximate surface area is 148 Å². The van der Waals surface area contributed by atoms with Crippen LogP contribution in [0.15, 0.2) is 60.7 Å². The molecule has 1 amide bonds. The minimum absolute atomic E-state index is 0.0951. The second-order valence-corrected chi connectivity index (χ2v) is 6.82. The van der Waals surface area contributed by atoms with Gasteiger partial charge in [-0.1, -0.05) is 35.9 Å². The zero-order valence-corrected chi connectivity index (χ0v) is 14.3. The van der Waals surface area contributed by atoms with Crippen molar-refractivity contribution in [2.24, 2.45) is 0 Å². The van der Waals surface area contributed by atoms with Gasteiger partial charge in [0, 0.05) is 16.4 Å². The summed E-state index contributed by atoms with van der Waals surface area (Å²) in [5.41, 5.74) is 2.03. The Kier molecular flexibility index (Phi) is 5.28. The van der Waals surface area contributed by atoms with Gasteiger partial charge in [-0.05, 0) is 53.9 Å². The average molecular weight is 360 g/mol. The average Bonchev–Trinajstić information content (AvgIpc) is 3.07. The molecule has 122 valence electrons. The van der Waals surface area contributed by atoms with Crippen LogP contribution in [-0.2, 0) is 6.42 Å². The number of rotatable bonds is 5. The van der Waals surface area contributed by atoms with E-state index >= 15 is 0 Å². The van der Waals surface area contributed by atoms with E-state index in [2.05, 4.69) is 5.32 Å². The molecule has 3 rings (SSSR count). The number of benzene rings is 2. The molecule has 0 atom stereocenters. The maximum absolute atomic E-state index is 12.8. The highest BCUT2D eigenvalue weighted by Crippen LogP contribution is 2.28. The third kappa shape index (κ3) is 4.22. The molecule has 1 aromatic heterocycles. The largest absolute Gasteiger partial charge is 0.351 e. The van der Waals surface area contributed by atoms with Gasteiger partial charge < -0.3 is 5.32 Å². The van der Waals surface area contributed by atoms with Gasteiger partial charge in [-0.2, -0.15) is 0 Å². The zero-order chi connectivity index (χ0) is 16.9. The fraction of sp³-hybridized carbons (Fsp3) is 0.105. The molecule has 0 saturated heterocycles. The second-order valence-electron chi connectivity index (χ2n) is 5.30. The summed E-state index contributed by atoms with van der Waals surface area (Å²) in [6.45, 7) is 0.513. The van der Waals surface area contributed by atoms with E-state index in [1.807, 2.05) is 36.4 Å². The molecule has 0 bridgehead atoms. The molecule has 0 radical (unpaired) electrons. The lowest BCUT2D eigenvalue weighted by atomic mass is 10.1. The summed E-state index contributed by atoms with van der Waals surface area (Å²) in [5, 5.41) is 3.58. The SMILES string of the molecule is O=C(NCCc1ccc(F)cc1)c1ccc(-c2ccc(Cl)cc2)s1. The number of halogens is 2. The number of hydrogen-bond acceptors (Lipinski definition) is 2. The number of hydrogen-bond donors (Lipinski definition) is 1. The Morgan fingerprint density at radius 1 is 1.00 bits per heavy atom. The van der Waals surface area contributed by atoms with E-state index in [9.17, 15) is 9.18 Å². The first-order valence-electron chi connectivity index (χ1n) is 7.50. The van der Waals surface area contributed by atoms with Gasteiger partial charge in [0.05, 0.1) is 4.88 Å². The van der Waals surface area contributed by atoms with E-state index in [0.29, 0.717) is 22.9 Å². The smallest absolute Gasteiger partial charge is 0.261 e. The molecule has 3 aromatic rings. The first-order valence-corrected chi connectivity index (χ1v) is 8.70. The summed E-state index contributed by atoms with van der Waals surface area (Å²) in [5.74, 6) is -0.349. The summed E-state index contributed by atoms with van der Waals surface area (Å²) in [4.78, 5) is 13.9.